The molecule has 0 saturated carbocycles. The zero-order valence-electron chi connectivity index (χ0n) is 7.09. The van der Waals surface area contributed by atoms with Gasteiger partial charge in [-0.2, -0.15) is 4.39 Å². The quantitative estimate of drug-likeness (QED) is 0.347. The van der Waals surface area contributed by atoms with E-state index < -0.39 is 28.8 Å². The van der Waals surface area contributed by atoms with Gasteiger partial charge in [0.2, 0.25) is 5.82 Å². The van der Waals surface area contributed by atoms with Gasteiger partial charge in [0.25, 0.3) is 0 Å². The molecule has 1 aromatic carbocycles. The molecule has 0 aliphatic carbocycles. The number of oxime groups is 1. The summed E-state index contributed by atoms with van der Waals surface area (Å²) in [5.41, 5.74) is -0.400. The van der Waals surface area contributed by atoms with Gasteiger partial charge in [0.05, 0.1) is 13.3 Å². The molecule has 3 nitrogen and oxygen atoms in total. The van der Waals surface area contributed by atoms with Crippen LogP contribution in [0.4, 0.5) is 13.2 Å². The van der Waals surface area contributed by atoms with Crippen molar-refractivity contribution in [3.05, 3.63) is 29.1 Å². The molecular weight excluding hydrogens is 199 g/mol. The highest BCUT2D eigenvalue weighted by Crippen LogP contribution is 2.25. The van der Waals surface area contributed by atoms with Crippen LogP contribution in [0.25, 0.3) is 0 Å². The fraction of sp³-hybridized carbons (Fsp3) is 0.125. The third kappa shape index (κ3) is 1.63. The predicted molar refractivity (Wildman–Crippen MR) is 42.2 cm³/mol. The Kier molecular flexibility index (Phi) is 2.95. The van der Waals surface area contributed by atoms with Crippen LogP contribution in [-0.2, 0) is 0 Å². The molecule has 0 atom stereocenters. The summed E-state index contributed by atoms with van der Waals surface area (Å²) in [7, 11) is 1.00. The van der Waals surface area contributed by atoms with Crippen LogP contribution in [-0.4, -0.2) is 18.5 Å². The van der Waals surface area contributed by atoms with E-state index in [4.69, 9.17) is 5.21 Å². The van der Waals surface area contributed by atoms with Gasteiger partial charge in [0, 0.05) is 5.56 Å². The molecule has 1 N–H and O–H groups in total. The van der Waals surface area contributed by atoms with Crippen LogP contribution in [0, 0.1) is 17.5 Å². The van der Waals surface area contributed by atoms with Crippen LogP contribution in [0.1, 0.15) is 5.56 Å². The van der Waals surface area contributed by atoms with Crippen LogP contribution in [0.5, 0.6) is 5.75 Å². The SMILES string of the molecule is COc1c(F)c(F)cc(C=NO)c1F. The maximum Gasteiger partial charge on any atom is 0.203 e. The molecule has 0 radical (unpaired) electrons. The van der Waals surface area contributed by atoms with Gasteiger partial charge >= 0.3 is 0 Å². The van der Waals surface area contributed by atoms with E-state index in [1.165, 1.54) is 0 Å². The first-order chi connectivity index (χ1) is 6.61. The molecule has 0 saturated heterocycles. The molecule has 0 bridgehead atoms. The second kappa shape index (κ2) is 3.99. The second-order valence-electron chi connectivity index (χ2n) is 2.35. The monoisotopic (exact) mass is 205 g/mol. The first kappa shape index (κ1) is 10.4. The Morgan fingerprint density at radius 1 is 1.36 bits per heavy atom. The van der Waals surface area contributed by atoms with Crippen LogP contribution in [0.3, 0.4) is 0 Å². The van der Waals surface area contributed by atoms with Gasteiger partial charge in [0.15, 0.2) is 17.4 Å². The van der Waals surface area contributed by atoms with Crippen molar-refractivity contribution in [2.24, 2.45) is 5.16 Å². The molecule has 0 amide bonds. The van der Waals surface area contributed by atoms with E-state index >= 15 is 0 Å². The Morgan fingerprint density at radius 2 is 2.00 bits per heavy atom. The molecule has 1 aromatic rings. The number of methoxy groups -OCH3 is 1. The lowest BCUT2D eigenvalue weighted by atomic mass is 10.2. The zero-order valence-corrected chi connectivity index (χ0v) is 7.09. The van der Waals surface area contributed by atoms with Gasteiger partial charge in [-0.3, -0.25) is 0 Å². The Hall–Kier alpha value is -1.72. The molecule has 76 valence electrons. The lowest BCUT2D eigenvalue weighted by Crippen LogP contribution is -2.00. The number of ether oxygens (including phenoxy) is 1. The summed E-state index contributed by atoms with van der Waals surface area (Å²) in [5.74, 6) is -4.66. The number of hydrogen-bond acceptors (Lipinski definition) is 3. The Bertz CT molecular complexity index is 379. The third-order valence-corrected chi connectivity index (χ3v) is 1.55. The molecule has 0 fully saturated rings. The maximum atomic E-state index is 13.2. The van der Waals surface area contributed by atoms with Crippen molar-refractivity contribution >= 4 is 6.21 Å². The minimum absolute atomic E-state index is 0.400. The third-order valence-electron chi connectivity index (χ3n) is 1.55. The fourth-order valence-corrected chi connectivity index (χ4v) is 0.935. The molecule has 1 rings (SSSR count). The Labute approximate surface area is 77.4 Å². The van der Waals surface area contributed by atoms with Crippen molar-refractivity contribution in [3.63, 3.8) is 0 Å². The first-order valence-corrected chi connectivity index (χ1v) is 3.50. The molecule has 0 aliphatic heterocycles. The summed E-state index contributed by atoms with van der Waals surface area (Å²) < 4.78 is 43.1. The summed E-state index contributed by atoms with van der Waals surface area (Å²) in [4.78, 5) is 0. The highest BCUT2D eigenvalue weighted by molar-refractivity contribution is 5.80. The number of halogens is 3. The van der Waals surface area contributed by atoms with Crippen LogP contribution in [0.15, 0.2) is 11.2 Å². The van der Waals surface area contributed by atoms with Gasteiger partial charge in [-0.05, 0) is 6.07 Å². The number of benzene rings is 1. The van der Waals surface area contributed by atoms with Gasteiger partial charge in [-0.25, -0.2) is 8.78 Å². The lowest BCUT2D eigenvalue weighted by Gasteiger charge is -2.05. The lowest BCUT2D eigenvalue weighted by molar-refractivity contribution is 0.321. The van der Waals surface area contributed by atoms with E-state index in [2.05, 4.69) is 9.89 Å². The Balaban J connectivity index is 3.42. The van der Waals surface area contributed by atoms with Gasteiger partial charge in [-0.15, -0.1) is 0 Å². The molecule has 0 spiro atoms. The number of hydrogen-bond donors (Lipinski definition) is 1. The van der Waals surface area contributed by atoms with Gasteiger partial charge < -0.3 is 9.94 Å². The summed E-state index contributed by atoms with van der Waals surface area (Å²) >= 11 is 0. The average Bonchev–Trinajstić information content (AvgIpc) is 2.16. The second-order valence-corrected chi connectivity index (χ2v) is 2.35. The number of rotatable bonds is 2. The fourth-order valence-electron chi connectivity index (χ4n) is 0.935. The molecule has 0 heterocycles. The molecule has 0 aromatic heterocycles. The largest absolute Gasteiger partial charge is 0.491 e. The summed E-state index contributed by atoms with van der Waals surface area (Å²) in [6, 6.07) is 0.562. The van der Waals surface area contributed by atoms with Crippen molar-refractivity contribution < 1.29 is 23.1 Å². The van der Waals surface area contributed by atoms with E-state index in [0.29, 0.717) is 12.3 Å². The average molecular weight is 205 g/mol. The van der Waals surface area contributed by atoms with E-state index in [9.17, 15) is 13.2 Å². The normalized spacial score (nSPS) is 10.9. The smallest absolute Gasteiger partial charge is 0.203 e. The summed E-state index contributed by atoms with van der Waals surface area (Å²) in [6.07, 6.45) is 0.639. The predicted octanol–water partition coefficient (Wildman–Crippen LogP) is 1.92. The van der Waals surface area contributed by atoms with Crippen molar-refractivity contribution in [1.29, 1.82) is 0 Å². The highest BCUT2D eigenvalue weighted by atomic mass is 19.2. The van der Waals surface area contributed by atoms with Crippen LogP contribution < -0.4 is 4.74 Å². The van der Waals surface area contributed by atoms with E-state index in [1.54, 1.807) is 0 Å². The molecule has 6 heteroatoms. The minimum Gasteiger partial charge on any atom is -0.491 e. The van der Waals surface area contributed by atoms with Gasteiger partial charge in [-0.1, -0.05) is 5.16 Å². The van der Waals surface area contributed by atoms with Crippen LogP contribution in [0.2, 0.25) is 0 Å². The van der Waals surface area contributed by atoms with Gasteiger partial charge in [0.1, 0.15) is 0 Å². The van der Waals surface area contributed by atoms with E-state index in [1.807, 2.05) is 0 Å². The van der Waals surface area contributed by atoms with E-state index in [-0.39, 0.29) is 0 Å². The molecular formula is C8H6F3NO2. The summed E-state index contributed by atoms with van der Waals surface area (Å²) in [5, 5.41) is 10.6. The molecule has 0 aliphatic rings. The van der Waals surface area contributed by atoms with Crippen molar-refractivity contribution in [1.82, 2.24) is 0 Å². The highest BCUT2D eigenvalue weighted by Gasteiger charge is 2.18. The topological polar surface area (TPSA) is 41.8 Å². The minimum atomic E-state index is -1.42. The number of nitrogens with zero attached hydrogens (tertiary/aromatic N) is 1. The first-order valence-electron chi connectivity index (χ1n) is 3.50. The van der Waals surface area contributed by atoms with Crippen molar-refractivity contribution in [3.8, 4) is 5.75 Å². The standard InChI is InChI=1S/C8H6F3NO2/c1-14-8-6(10)4(3-12-13)2-5(9)7(8)11/h2-3,13H,1H3. The van der Waals surface area contributed by atoms with Crippen molar-refractivity contribution in [2.45, 2.75) is 0 Å². The maximum absolute atomic E-state index is 13.2. The molecule has 0 unspecified atom stereocenters. The van der Waals surface area contributed by atoms with Crippen LogP contribution >= 0.6 is 0 Å². The Morgan fingerprint density at radius 3 is 2.50 bits per heavy atom. The van der Waals surface area contributed by atoms with Crippen molar-refractivity contribution in [2.75, 3.05) is 7.11 Å². The summed E-state index contributed by atoms with van der Waals surface area (Å²) in [6.45, 7) is 0. The molecule has 14 heavy (non-hydrogen) atoms. The zero-order chi connectivity index (χ0) is 10.7. The van der Waals surface area contributed by atoms with E-state index in [0.717, 1.165) is 7.11 Å².